The second kappa shape index (κ2) is 16.9. The quantitative estimate of drug-likeness (QED) is 0.0948. The van der Waals surface area contributed by atoms with Crippen molar-refractivity contribution in [2.45, 2.75) is 33.6 Å². The van der Waals surface area contributed by atoms with Crippen molar-refractivity contribution < 1.29 is 23.3 Å². The average Bonchev–Trinajstić information content (AvgIpc) is 3.83. The summed E-state index contributed by atoms with van der Waals surface area (Å²) < 4.78 is 0. The second-order valence-electron chi connectivity index (χ2n) is 14.4. The molecule has 2 heteroatoms. The zero-order valence-corrected chi connectivity index (χ0v) is 36.1. The van der Waals surface area contributed by atoms with Gasteiger partial charge in [-0.3, -0.25) is 0 Å². The van der Waals surface area contributed by atoms with Crippen molar-refractivity contribution in [1.29, 1.82) is 0 Å². The molecule has 0 saturated carbocycles. The van der Waals surface area contributed by atoms with Gasteiger partial charge in [0.05, 0.1) is 0 Å². The van der Waals surface area contributed by atoms with E-state index in [1.54, 1.807) is 0 Å². The van der Waals surface area contributed by atoms with Crippen molar-refractivity contribution in [1.82, 2.24) is 0 Å². The van der Waals surface area contributed by atoms with Crippen molar-refractivity contribution in [3.63, 3.8) is 0 Å². The molecule has 0 aliphatic heterocycles. The fourth-order valence-corrected chi connectivity index (χ4v) is 8.20. The Bertz CT molecular complexity index is 2940. The summed E-state index contributed by atoms with van der Waals surface area (Å²) in [7, 11) is 0. The predicted molar refractivity (Wildman–Crippen MR) is 242 cm³/mol. The van der Waals surface area contributed by atoms with E-state index in [0.29, 0.717) is 5.92 Å². The Kier molecular flexibility index (Phi) is 12.2. The van der Waals surface area contributed by atoms with Crippen LogP contribution in [0, 0.1) is 28.7 Å². The molecule has 0 aliphatic rings. The SMILES string of the molecule is CC(C)c1cc2c(-c3cccc4c3ccc3ccccc34)cccc2[cH-]1.Cc1cc2c(-c3cccc4c3ccc3ccccc34)ccc(C)c2[cH-]1.[CH3-].[CH3-].[Si]=[Zr]. The van der Waals surface area contributed by atoms with Crippen LogP contribution in [0.25, 0.3) is 86.9 Å². The average molecular weight is 802 g/mol. The molecule has 0 aromatic heterocycles. The standard InChI is InChI=1S/C26H21.C25H19.2CH3.Si.Zr/c1-17(2)20-15-19-8-5-10-24(26(19)16-20)23-12-6-11-22-21-9-4-3-7-18(21)13-14-25(22)23;1-16-14-24-17(2)10-12-23(25(24)15-16)21-9-5-8-20-19-7-4-3-6-18(19)11-13-22(20)21;;;;/h3-17H,1-2H3;3-15H,1-2H3;2*1H3;;/q4*-1;;. The summed E-state index contributed by atoms with van der Waals surface area (Å²) in [5.74, 6) is 0.548. The number of rotatable bonds is 3. The zero-order chi connectivity index (χ0) is 36.6. The van der Waals surface area contributed by atoms with Crippen LogP contribution >= 0.6 is 0 Å². The van der Waals surface area contributed by atoms with Gasteiger partial charge in [0.25, 0.3) is 0 Å². The molecule has 0 unspecified atom stereocenters. The topological polar surface area (TPSA) is 0 Å². The third-order valence-corrected chi connectivity index (χ3v) is 10.8. The Morgan fingerprint density at radius 2 is 0.927 bits per heavy atom. The number of benzene rings is 8. The van der Waals surface area contributed by atoms with E-state index >= 15 is 0 Å². The molecule has 10 aromatic rings. The molecule has 55 heavy (non-hydrogen) atoms. The number of hydrogen-bond acceptors (Lipinski definition) is 0. The molecule has 0 bridgehead atoms. The van der Waals surface area contributed by atoms with Gasteiger partial charge >= 0.3 is 30.2 Å². The first-order valence-electron chi connectivity index (χ1n) is 18.4. The summed E-state index contributed by atoms with van der Waals surface area (Å²) in [4.78, 5) is 0. The number of aryl methyl sites for hydroxylation is 2. The molecule has 0 spiro atoms. The van der Waals surface area contributed by atoms with Gasteiger partial charge in [0.2, 0.25) is 0 Å². The molecular weight excluding hydrogens is 756 g/mol. The van der Waals surface area contributed by atoms with Crippen molar-refractivity contribution in [2.75, 3.05) is 0 Å². The minimum atomic E-state index is 0. The van der Waals surface area contributed by atoms with Gasteiger partial charge in [-0.05, 0) is 60.1 Å². The van der Waals surface area contributed by atoms with Gasteiger partial charge in [-0.2, -0.15) is 12.1 Å². The molecular formula is C53H46SiZr-4. The van der Waals surface area contributed by atoms with Crippen LogP contribution in [-0.2, 0) is 23.3 Å². The molecule has 2 radical (unpaired) electrons. The van der Waals surface area contributed by atoms with Crippen LogP contribution in [-0.4, -0.2) is 6.88 Å². The van der Waals surface area contributed by atoms with Crippen LogP contribution < -0.4 is 0 Å². The predicted octanol–water partition coefficient (Wildman–Crippen LogP) is 15.3. The monoisotopic (exact) mass is 800 g/mol. The molecule has 10 aromatic carbocycles. The summed E-state index contributed by atoms with van der Waals surface area (Å²) in [6.07, 6.45) is 0. The Balaban J connectivity index is 0.000000173. The molecule has 0 fully saturated rings. The first-order chi connectivity index (χ1) is 25.9. The second-order valence-corrected chi connectivity index (χ2v) is 14.4. The van der Waals surface area contributed by atoms with Gasteiger partial charge in [0, 0.05) is 0 Å². The minimum absolute atomic E-state index is 0. The van der Waals surface area contributed by atoms with Gasteiger partial charge in [-0.1, -0.05) is 160 Å². The molecule has 0 saturated heterocycles. The molecule has 0 atom stereocenters. The third kappa shape index (κ3) is 7.31. The Hall–Kier alpha value is -4.88. The van der Waals surface area contributed by atoms with Gasteiger partial charge < -0.3 is 14.9 Å². The van der Waals surface area contributed by atoms with E-state index in [9.17, 15) is 0 Å². The fourth-order valence-electron chi connectivity index (χ4n) is 8.20. The van der Waals surface area contributed by atoms with Crippen molar-refractivity contribution >= 4 is 71.5 Å². The van der Waals surface area contributed by atoms with Crippen LogP contribution in [0.15, 0.2) is 164 Å². The van der Waals surface area contributed by atoms with E-state index in [-0.39, 0.29) is 14.9 Å². The van der Waals surface area contributed by atoms with E-state index in [2.05, 4.69) is 198 Å². The zero-order valence-electron chi connectivity index (χ0n) is 32.7. The van der Waals surface area contributed by atoms with Gasteiger partial charge in [0.15, 0.2) is 0 Å². The van der Waals surface area contributed by atoms with Gasteiger partial charge in [-0.25, -0.2) is 0 Å². The summed E-state index contributed by atoms with van der Waals surface area (Å²) in [5, 5.41) is 16.0. The third-order valence-electron chi connectivity index (χ3n) is 10.8. The molecule has 0 aliphatic carbocycles. The van der Waals surface area contributed by atoms with Crippen LogP contribution in [0.5, 0.6) is 0 Å². The Labute approximate surface area is 343 Å². The summed E-state index contributed by atoms with van der Waals surface area (Å²) in [6, 6.07) is 60.2. The maximum absolute atomic E-state index is 3.06. The molecule has 0 amide bonds. The fraction of sp³-hybridized carbons (Fsp3) is 0.0943. The van der Waals surface area contributed by atoms with Crippen LogP contribution in [0.1, 0.15) is 36.5 Å². The van der Waals surface area contributed by atoms with Crippen LogP contribution in [0.3, 0.4) is 0 Å². The maximum atomic E-state index is 3.06. The Morgan fingerprint density at radius 3 is 1.49 bits per heavy atom. The molecule has 0 nitrogen and oxygen atoms in total. The molecule has 0 N–H and O–H groups in total. The van der Waals surface area contributed by atoms with E-state index < -0.39 is 0 Å². The van der Waals surface area contributed by atoms with Gasteiger partial charge in [-0.15, -0.1) is 68.6 Å². The van der Waals surface area contributed by atoms with Crippen molar-refractivity contribution in [2.24, 2.45) is 0 Å². The Morgan fingerprint density at radius 1 is 0.436 bits per heavy atom. The van der Waals surface area contributed by atoms with Gasteiger partial charge in [0.1, 0.15) is 0 Å². The molecule has 10 rings (SSSR count). The summed E-state index contributed by atoms with van der Waals surface area (Å²) in [6.45, 7) is 12.0. The normalized spacial score (nSPS) is 10.9. The molecule has 0 heterocycles. The first-order valence-corrected chi connectivity index (χ1v) is 22.6. The molecule has 270 valence electrons. The van der Waals surface area contributed by atoms with E-state index in [1.165, 1.54) is 127 Å². The first kappa shape index (κ1) is 39.8. The van der Waals surface area contributed by atoms with Crippen molar-refractivity contribution in [3.8, 4) is 22.3 Å². The number of hydrogen-bond donors (Lipinski definition) is 0. The van der Waals surface area contributed by atoms with E-state index in [1.807, 2.05) is 0 Å². The van der Waals surface area contributed by atoms with E-state index in [0.717, 1.165) is 0 Å². The van der Waals surface area contributed by atoms with Crippen molar-refractivity contribution in [3.05, 3.63) is 195 Å². The summed E-state index contributed by atoms with van der Waals surface area (Å²) in [5.41, 5.74) is 9.38. The number of fused-ring (bicyclic) bond motifs is 8. The summed E-state index contributed by atoms with van der Waals surface area (Å²) >= 11 is 1.36. The van der Waals surface area contributed by atoms with E-state index in [4.69, 9.17) is 0 Å². The van der Waals surface area contributed by atoms with Crippen LogP contribution in [0.2, 0.25) is 0 Å². The van der Waals surface area contributed by atoms with Crippen LogP contribution in [0.4, 0.5) is 0 Å².